The lowest BCUT2D eigenvalue weighted by molar-refractivity contribution is 0.0601. The van der Waals surface area contributed by atoms with E-state index < -0.39 is 11.9 Å². The van der Waals surface area contributed by atoms with Crippen LogP contribution < -0.4 is 10.1 Å². The largest absolute Gasteiger partial charge is 0.491 e. The smallest absolute Gasteiger partial charge is 0.341 e. The Labute approximate surface area is 170 Å². The second-order valence-electron chi connectivity index (χ2n) is 5.46. The molecule has 0 fully saturated rings. The fourth-order valence-electron chi connectivity index (χ4n) is 2.43. The summed E-state index contributed by atoms with van der Waals surface area (Å²) in [6.45, 7) is 5.17. The van der Waals surface area contributed by atoms with E-state index in [2.05, 4.69) is 5.32 Å². The van der Waals surface area contributed by atoms with Crippen LogP contribution in [0.5, 0.6) is 5.75 Å². The van der Waals surface area contributed by atoms with Crippen molar-refractivity contribution in [1.82, 2.24) is 0 Å². The van der Waals surface area contributed by atoms with Crippen LogP contribution >= 0.6 is 34.5 Å². The van der Waals surface area contributed by atoms with Gasteiger partial charge in [0.05, 0.1) is 34.2 Å². The van der Waals surface area contributed by atoms with E-state index in [-0.39, 0.29) is 32.0 Å². The molecule has 1 heterocycles. The van der Waals surface area contributed by atoms with Gasteiger partial charge < -0.3 is 14.8 Å². The summed E-state index contributed by atoms with van der Waals surface area (Å²) in [7, 11) is 1.23. The highest BCUT2D eigenvalue weighted by atomic mass is 35.5. The van der Waals surface area contributed by atoms with Gasteiger partial charge in [0.2, 0.25) is 0 Å². The predicted molar refractivity (Wildman–Crippen MR) is 106 cm³/mol. The molecule has 0 radical (unpaired) electrons. The molecule has 2 rings (SSSR count). The lowest BCUT2D eigenvalue weighted by atomic mass is 10.1. The summed E-state index contributed by atoms with van der Waals surface area (Å²) in [6, 6.07) is 2.83. The third kappa shape index (κ3) is 4.43. The minimum atomic E-state index is -0.644. The lowest BCUT2D eigenvalue weighted by Crippen LogP contribution is -2.14. The number of carbonyl (C=O) groups excluding carboxylic acids is 3. The molecule has 9 heteroatoms. The number of thiophene rings is 1. The number of nitrogens with one attached hydrogen (secondary N) is 1. The van der Waals surface area contributed by atoms with E-state index in [1.54, 1.807) is 13.8 Å². The monoisotopic (exact) mass is 429 g/mol. The average Bonchev–Trinajstić information content (AvgIpc) is 2.93. The van der Waals surface area contributed by atoms with Crippen LogP contribution in [-0.4, -0.2) is 31.4 Å². The van der Waals surface area contributed by atoms with E-state index in [0.717, 1.165) is 11.3 Å². The van der Waals surface area contributed by atoms with Crippen LogP contribution in [0.1, 0.15) is 49.8 Å². The van der Waals surface area contributed by atoms with Crippen LogP contribution in [-0.2, 0) is 4.74 Å². The molecule has 0 spiro atoms. The molecule has 27 heavy (non-hydrogen) atoms. The second-order valence-corrected chi connectivity index (χ2v) is 7.30. The Bertz CT molecular complexity index is 900. The zero-order valence-electron chi connectivity index (χ0n) is 15.1. The van der Waals surface area contributed by atoms with Gasteiger partial charge in [0.15, 0.2) is 11.5 Å². The molecule has 144 valence electrons. The number of Topliss-reactive ketones (excluding diaryl/α,β-unsaturated/α-hetero) is 1. The van der Waals surface area contributed by atoms with E-state index >= 15 is 0 Å². The first-order valence-corrected chi connectivity index (χ1v) is 9.44. The van der Waals surface area contributed by atoms with Crippen LogP contribution in [0.3, 0.4) is 0 Å². The molecule has 2 aromatic rings. The number of esters is 1. The third-order valence-corrected chi connectivity index (χ3v) is 5.50. The van der Waals surface area contributed by atoms with Gasteiger partial charge in [0.1, 0.15) is 5.00 Å². The summed E-state index contributed by atoms with van der Waals surface area (Å²) in [6.07, 6.45) is 0. The van der Waals surface area contributed by atoms with Crippen molar-refractivity contribution in [3.8, 4) is 5.75 Å². The summed E-state index contributed by atoms with van der Waals surface area (Å²) >= 11 is 13.3. The minimum Gasteiger partial charge on any atom is -0.491 e. The number of rotatable bonds is 6. The number of hydrogen-bond donors (Lipinski definition) is 1. The van der Waals surface area contributed by atoms with Gasteiger partial charge in [-0.2, -0.15) is 0 Å². The van der Waals surface area contributed by atoms with Crippen molar-refractivity contribution in [3.05, 3.63) is 43.7 Å². The summed E-state index contributed by atoms with van der Waals surface area (Å²) < 4.78 is 10.1. The number of ether oxygens (including phenoxy) is 2. The van der Waals surface area contributed by atoms with E-state index in [0.29, 0.717) is 22.8 Å². The highest BCUT2D eigenvalue weighted by Gasteiger charge is 2.25. The molecular weight excluding hydrogens is 413 g/mol. The molecule has 0 saturated carbocycles. The lowest BCUT2D eigenvalue weighted by Gasteiger charge is -2.11. The molecule has 0 unspecified atom stereocenters. The van der Waals surface area contributed by atoms with Crippen molar-refractivity contribution in [3.63, 3.8) is 0 Å². The number of carbonyl (C=O) groups is 3. The maximum absolute atomic E-state index is 12.6. The number of benzene rings is 1. The highest BCUT2D eigenvalue weighted by Crippen LogP contribution is 2.36. The maximum atomic E-state index is 12.6. The molecule has 0 aliphatic heterocycles. The molecule has 1 N–H and O–H groups in total. The zero-order chi connectivity index (χ0) is 20.3. The molecular formula is C18H17Cl2NO5S. The van der Waals surface area contributed by atoms with Gasteiger partial charge >= 0.3 is 5.97 Å². The van der Waals surface area contributed by atoms with Gasteiger partial charge in [-0.3, -0.25) is 9.59 Å². The normalized spacial score (nSPS) is 10.4. The van der Waals surface area contributed by atoms with Crippen molar-refractivity contribution < 1.29 is 23.9 Å². The fourth-order valence-corrected chi connectivity index (χ4v) is 4.12. The van der Waals surface area contributed by atoms with Crippen LogP contribution in [0.25, 0.3) is 0 Å². The molecule has 6 nitrogen and oxygen atoms in total. The SMILES string of the molecule is CCOc1c(Cl)cc(C(=O)Nc2sc(C(C)=O)c(C)c2C(=O)OC)cc1Cl. The topological polar surface area (TPSA) is 81.7 Å². The minimum absolute atomic E-state index is 0.143. The van der Waals surface area contributed by atoms with E-state index in [9.17, 15) is 14.4 Å². The fraction of sp³-hybridized carbons (Fsp3) is 0.278. The van der Waals surface area contributed by atoms with Gasteiger partial charge in [0, 0.05) is 5.56 Å². The van der Waals surface area contributed by atoms with Gasteiger partial charge in [-0.25, -0.2) is 4.79 Å². The predicted octanol–water partition coefficient (Wildman–Crippen LogP) is 5.00. The quantitative estimate of drug-likeness (QED) is 0.515. The molecule has 0 atom stereocenters. The number of anilines is 1. The van der Waals surface area contributed by atoms with Gasteiger partial charge in [0.25, 0.3) is 5.91 Å². The van der Waals surface area contributed by atoms with Crippen molar-refractivity contribution in [2.45, 2.75) is 20.8 Å². The Morgan fingerprint density at radius 2 is 1.78 bits per heavy atom. The summed E-state index contributed by atoms with van der Waals surface area (Å²) in [5, 5.41) is 3.23. The van der Waals surface area contributed by atoms with Crippen molar-refractivity contribution in [1.29, 1.82) is 0 Å². The Balaban J connectivity index is 2.42. The third-order valence-electron chi connectivity index (χ3n) is 3.63. The second kappa shape index (κ2) is 8.73. The van der Waals surface area contributed by atoms with Crippen molar-refractivity contribution in [2.24, 2.45) is 0 Å². The first-order chi connectivity index (χ1) is 12.7. The zero-order valence-corrected chi connectivity index (χ0v) is 17.4. The van der Waals surface area contributed by atoms with Gasteiger partial charge in [-0.05, 0) is 38.5 Å². The molecule has 1 amide bonds. The molecule has 0 saturated heterocycles. The van der Waals surface area contributed by atoms with Gasteiger partial charge in [-0.15, -0.1) is 11.3 Å². The summed E-state index contributed by atoms with van der Waals surface area (Å²) in [4.78, 5) is 36.9. The van der Waals surface area contributed by atoms with Crippen LogP contribution in [0.2, 0.25) is 10.0 Å². The molecule has 1 aromatic carbocycles. The Morgan fingerprint density at radius 3 is 2.26 bits per heavy atom. The van der Waals surface area contributed by atoms with E-state index in [1.807, 2.05) is 0 Å². The Morgan fingerprint density at radius 1 is 1.19 bits per heavy atom. The van der Waals surface area contributed by atoms with Crippen LogP contribution in [0.15, 0.2) is 12.1 Å². The molecule has 0 aliphatic carbocycles. The standard InChI is InChI=1S/C18H17Cl2NO5S/c1-5-26-14-11(19)6-10(7-12(14)20)16(23)21-17-13(18(24)25-4)8(2)15(27-17)9(3)22/h6-7H,5H2,1-4H3,(H,21,23). The van der Waals surface area contributed by atoms with E-state index in [1.165, 1.54) is 26.2 Å². The van der Waals surface area contributed by atoms with E-state index in [4.69, 9.17) is 32.7 Å². The maximum Gasteiger partial charge on any atom is 0.341 e. The first kappa shape index (κ1) is 21.2. The number of hydrogen-bond acceptors (Lipinski definition) is 6. The van der Waals surface area contributed by atoms with Crippen LogP contribution in [0, 0.1) is 6.92 Å². The Kier molecular flexibility index (Phi) is 6.86. The van der Waals surface area contributed by atoms with Crippen molar-refractivity contribution >= 4 is 57.2 Å². The molecule has 0 bridgehead atoms. The first-order valence-electron chi connectivity index (χ1n) is 7.87. The highest BCUT2D eigenvalue weighted by molar-refractivity contribution is 7.18. The Hall–Kier alpha value is -2.09. The molecule has 1 aromatic heterocycles. The van der Waals surface area contributed by atoms with Gasteiger partial charge in [-0.1, -0.05) is 23.2 Å². The number of ketones is 1. The number of methoxy groups -OCH3 is 1. The average molecular weight is 430 g/mol. The van der Waals surface area contributed by atoms with Crippen LogP contribution in [0.4, 0.5) is 5.00 Å². The number of amides is 1. The summed E-state index contributed by atoms with van der Waals surface area (Å²) in [5.74, 6) is -1.11. The summed E-state index contributed by atoms with van der Waals surface area (Å²) in [5.41, 5.74) is 0.779. The molecule has 0 aliphatic rings. The number of halogens is 2. The van der Waals surface area contributed by atoms with Crippen molar-refractivity contribution in [2.75, 3.05) is 19.0 Å².